The van der Waals surface area contributed by atoms with Gasteiger partial charge in [0.1, 0.15) is 11.6 Å². The first-order chi connectivity index (χ1) is 22.2. The number of aliphatic hydroxyl groups is 1. The van der Waals surface area contributed by atoms with E-state index in [1.165, 1.54) is 23.3 Å². The SMILES string of the molecule is CCC12Cc3cnn(-c4ccc(F)cc4)c3C=C1CCC2(O)CCC1N=CCC(OC)=C1CC(=O)N(C)C(C)Cc1ccccc1. The van der Waals surface area contributed by atoms with E-state index in [-0.39, 0.29) is 30.2 Å². The second-order valence-electron chi connectivity index (χ2n) is 13.2. The van der Waals surface area contributed by atoms with E-state index >= 15 is 0 Å². The third-order valence-electron chi connectivity index (χ3n) is 10.8. The molecule has 1 amide bonds. The highest BCUT2D eigenvalue weighted by molar-refractivity contribution is 5.80. The Labute approximate surface area is 271 Å². The molecule has 7 nitrogen and oxygen atoms in total. The number of allylic oxidation sites excluding steroid dienone is 1. The van der Waals surface area contributed by atoms with Crippen LogP contribution < -0.4 is 0 Å². The van der Waals surface area contributed by atoms with E-state index in [1.807, 2.05) is 47.2 Å². The summed E-state index contributed by atoms with van der Waals surface area (Å²) >= 11 is 0. The van der Waals surface area contributed by atoms with Crippen molar-refractivity contribution in [1.82, 2.24) is 14.7 Å². The summed E-state index contributed by atoms with van der Waals surface area (Å²) in [6, 6.07) is 16.4. The molecule has 1 aliphatic heterocycles. The summed E-state index contributed by atoms with van der Waals surface area (Å²) in [5.74, 6) is 0.570. The molecule has 4 unspecified atom stereocenters. The molecular weight excluding hydrogens is 579 g/mol. The van der Waals surface area contributed by atoms with Gasteiger partial charge in [-0.25, -0.2) is 9.07 Å². The largest absolute Gasteiger partial charge is 0.501 e. The van der Waals surface area contributed by atoms with Crippen molar-refractivity contribution in [3.63, 3.8) is 0 Å². The summed E-state index contributed by atoms with van der Waals surface area (Å²) in [4.78, 5) is 20.3. The van der Waals surface area contributed by atoms with E-state index in [9.17, 15) is 14.3 Å². The molecule has 0 radical (unpaired) electrons. The molecule has 0 saturated heterocycles. The number of halogens is 1. The maximum absolute atomic E-state index is 13.6. The number of methoxy groups -OCH3 is 1. The number of aromatic nitrogens is 2. The number of benzene rings is 2. The number of carbonyl (C=O) groups excluding carboxylic acids is 1. The van der Waals surface area contributed by atoms with Crippen molar-refractivity contribution >= 4 is 18.2 Å². The van der Waals surface area contributed by atoms with Crippen LogP contribution in [-0.2, 0) is 22.4 Å². The van der Waals surface area contributed by atoms with Crippen LogP contribution in [0.5, 0.6) is 0 Å². The third-order valence-corrected chi connectivity index (χ3v) is 10.8. The Bertz CT molecular complexity index is 1660. The lowest BCUT2D eigenvalue weighted by molar-refractivity contribution is -0.131. The molecule has 2 aliphatic carbocycles. The monoisotopic (exact) mass is 624 g/mol. The van der Waals surface area contributed by atoms with Gasteiger partial charge in [0.2, 0.25) is 5.91 Å². The van der Waals surface area contributed by atoms with Gasteiger partial charge in [0.05, 0.1) is 42.8 Å². The van der Waals surface area contributed by atoms with Gasteiger partial charge in [0, 0.05) is 36.7 Å². The molecule has 2 aromatic carbocycles. The fourth-order valence-electron chi connectivity index (χ4n) is 7.96. The number of hydrogen-bond donors (Lipinski definition) is 1. The predicted molar refractivity (Wildman–Crippen MR) is 179 cm³/mol. The minimum absolute atomic E-state index is 0.0443. The van der Waals surface area contributed by atoms with Gasteiger partial charge in [0.15, 0.2) is 0 Å². The molecule has 1 fully saturated rings. The fraction of sp³-hybridized carbons (Fsp3) is 0.447. The average Bonchev–Trinajstić information content (AvgIpc) is 3.61. The number of amides is 1. The normalized spacial score (nSPS) is 24.3. The van der Waals surface area contributed by atoms with Gasteiger partial charge in [0.25, 0.3) is 0 Å². The summed E-state index contributed by atoms with van der Waals surface area (Å²) in [7, 11) is 3.54. The first-order valence-corrected chi connectivity index (χ1v) is 16.5. The van der Waals surface area contributed by atoms with Crippen LogP contribution in [0.2, 0.25) is 0 Å². The number of ether oxygens (including phenoxy) is 1. The zero-order valence-electron chi connectivity index (χ0n) is 27.4. The molecule has 1 aromatic heterocycles. The number of fused-ring (bicyclic) bond motifs is 2. The topological polar surface area (TPSA) is 80.0 Å². The Balaban J connectivity index is 1.18. The molecule has 1 saturated carbocycles. The standard InChI is InChI=1S/C38H45FN4O3/c1-5-37-24-28-25-41-43(31-13-11-30(39)12-14-31)34(28)22-29(37)15-18-38(37,45)19-16-33-32(35(46-4)17-20-40-33)23-36(44)42(3)26(2)21-27-9-7-6-8-10-27/h6-14,20,22,25-26,33,45H,5,15-19,21,23-24H2,1-4H3. The summed E-state index contributed by atoms with van der Waals surface area (Å²) in [5.41, 5.74) is 4.96. The number of carbonyl (C=O) groups is 1. The van der Waals surface area contributed by atoms with Crippen LogP contribution in [0.3, 0.4) is 0 Å². The second-order valence-corrected chi connectivity index (χ2v) is 13.2. The lowest BCUT2D eigenvalue weighted by Gasteiger charge is -2.45. The van der Waals surface area contributed by atoms with Gasteiger partial charge in [-0.3, -0.25) is 9.79 Å². The third kappa shape index (κ3) is 5.83. The lowest BCUT2D eigenvalue weighted by Crippen LogP contribution is -2.47. The summed E-state index contributed by atoms with van der Waals surface area (Å²) in [5, 5.41) is 17.1. The molecule has 2 heterocycles. The molecule has 3 aliphatic rings. The quantitative estimate of drug-likeness (QED) is 0.252. The number of likely N-dealkylation sites (N-methyl/N-ethyl adjacent to an activating group) is 1. The minimum Gasteiger partial charge on any atom is -0.501 e. The van der Waals surface area contributed by atoms with Crippen molar-refractivity contribution in [2.24, 2.45) is 10.4 Å². The van der Waals surface area contributed by atoms with E-state index in [0.717, 1.165) is 47.5 Å². The van der Waals surface area contributed by atoms with Crippen molar-refractivity contribution < 1.29 is 19.0 Å². The first-order valence-electron chi connectivity index (χ1n) is 16.5. The predicted octanol–water partition coefficient (Wildman–Crippen LogP) is 6.88. The molecule has 46 heavy (non-hydrogen) atoms. The van der Waals surface area contributed by atoms with E-state index in [0.29, 0.717) is 32.1 Å². The Morgan fingerprint density at radius 3 is 2.67 bits per heavy atom. The molecule has 8 heteroatoms. The summed E-state index contributed by atoms with van der Waals surface area (Å²) < 4.78 is 21.3. The van der Waals surface area contributed by atoms with Crippen molar-refractivity contribution in [3.05, 3.63) is 100 Å². The molecule has 0 spiro atoms. The van der Waals surface area contributed by atoms with Crippen LogP contribution in [0, 0.1) is 11.2 Å². The van der Waals surface area contributed by atoms with Gasteiger partial charge in [-0.05, 0) is 93.3 Å². The molecule has 1 N–H and O–H groups in total. The van der Waals surface area contributed by atoms with Crippen LogP contribution in [0.25, 0.3) is 11.8 Å². The molecule has 242 valence electrons. The highest BCUT2D eigenvalue weighted by Gasteiger charge is 2.57. The number of hydrogen-bond acceptors (Lipinski definition) is 5. The highest BCUT2D eigenvalue weighted by Crippen LogP contribution is 2.59. The van der Waals surface area contributed by atoms with Crippen LogP contribution in [0.4, 0.5) is 4.39 Å². The van der Waals surface area contributed by atoms with E-state index < -0.39 is 11.0 Å². The molecule has 4 atom stereocenters. The van der Waals surface area contributed by atoms with Crippen LogP contribution in [-0.4, -0.2) is 63.8 Å². The first kappa shape index (κ1) is 31.9. The number of rotatable bonds is 11. The Morgan fingerprint density at radius 1 is 1.20 bits per heavy atom. The molecule has 3 aromatic rings. The molecule has 6 rings (SSSR count). The van der Waals surface area contributed by atoms with Gasteiger partial charge in [-0.2, -0.15) is 5.10 Å². The van der Waals surface area contributed by atoms with Crippen molar-refractivity contribution in [2.45, 2.75) is 89.3 Å². The molecular formula is C38H45FN4O3. The Morgan fingerprint density at radius 2 is 1.96 bits per heavy atom. The van der Waals surface area contributed by atoms with Crippen LogP contribution >= 0.6 is 0 Å². The van der Waals surface area contributed by atoms with Gasteiger partial charge >= 0.3 is 0 Å². The summed E-state index contributed by atoms with van der Waals surface area (Å²) in [6.07, 6.45) is 11.7. The zero-order valence-corrected chi connectivity index (χ0v) is 27.4. The van der Waals surface area contributed by atoms with Crippen LogP contribution in [0.1, 0.15) is 75.6 Å². The highest BCUT2D eigenvalue weighted by atomic mass is 19.1. The van der Waals surface area contributed by atoms with Crippen molar-refractivity contribution in [1.29, 1.82) is 0 Å². The number of nitrogens with zero attached hydrogens (tertiary/aromatic N) is 4. The van der Waals surface area contributed by atoms with Crippen LogP contribution in [0.15, 0.2) is 82.7 Å². The minimum atomic E-state index is -0.917. The maximum Gasteiger partial charge on any atom is 0.226 e. The van der Waals surface area contributed by atoms with Crippen molar-refractivity contribution in [2.75, 3.05) is 14.2 Å². The Hall–Kier alpha value is -4.04. The van der Waals surface area contributed by atoms with Gasteiger partial charge in [-0.1, -0.05) is 42.8 Å². The maximum atomic E-state index is 13.6. The summed E-state index contributed by atoms with van der Waals surface area (Å²) in [6.45, 7) is 4.24. The fourth-order valence-corrected chi connectivity index (χ4v) is 7.96. The van der Waals surface area contributed by atoms with Crippen molar-refractivity contribution in [3.8, 4) is 5.69 Å². The average molecular weight is 625 g/mol. The molecule has 0 bridgehead atoms. The Kier molecular flexibility index (Phi) is 9.01. The smallest absolute Gasteiger partial charge is 0.226 e. The zero-order chi connectivity index (χ0) is 32.5. The van der Waals surface area contributed by atoms with Gasteiger partial charge in [-0.15, -0.1) is 0 Å². The van der Waals surface area contributed by atoms with Gasteiger partial charge < -0.3 is 14.7 Å². The number of aliphatic imine (C=N–C) groups is 1. The second kappa shape index (κ2) is 13.0. The lowest BCUT2D eigenvalue weighted by atomic mass is 9.62. The van der Waals surface area contributed by atoms with E-state index in [2.05, 4.69) is 37.2 Å². The number of dihydropyridines is 1. The van der Waals surface area contributed by atoms with E-state index in [1.54, 1.807) is 19.2 Å². The van der Waals surface area contributed by atoms with E-state index in [4.69, 9.17) is 9.73 Å².